The average Bonchev–Trinajstić information content (AvgIpc) is 3.48. The van der Waals surface area contributed by atoms with Crippen molar-refractivity contribution in [1.82, 2.24) is 14.6 Å². The van der Waals surface area contributed by atoms with Gasteiger partial charge in [0.15, 0.2) is 11.5 Å². The zero-order valence-corrected chi connectivity index (χ0v) is 18.9. The second-order valence-electron chi connectivity index (χ2n) is 7.71. The molecule has 2 aromatic carbocycles. The topological polar surface area (TPSA) is 57.9 Å². The molecule has 0 amide bonds. The number of hydrogen-bond donors (Lipinski definition) is 0. The maximum atomic E-state index is 13.1. The minimum Gasteiger partial charge on any atom is -0.493 e. The van der Waals surface area contributed by atoms with Gasteiger partial charge in [0.2, 0.25) is 10.7 Å². The number of methoxy groups -OCH3 is 3. The second kappa shape index (κ2) is 7.95. The van der Waals surface area contributed by atoms with Gasteiger partial charge in [0.25, 0.3) is 0 Å². The molecule has 0 unspecified atom stereocenters. The van der Waals surface area contributed by atoms with Crippen LogP contribution in [0.5, 0.6) is 17.2 Å². The van der Waals surface area contributed by atoms with Crippen molar-refractivity contribution >= 4 is 16.3 Å². The fourth-order valence-electron chi connectivity index (χ4n) is 3.75. The summed E-state index contributed by atoms with van der Waals surface area (Å²) in [6.45, 7) is 0. The molecule has 33 heavy (non-hydrogen) atoms. The van der Waals surface area contributed by atoms with Crippen LogP contribution >= 0.6 is 11.3 Å². The van der Waals surface area contributed by atoms with Gasteiger partial charge in [-0.2, -0.15) is 18.3 Å². The van der Waals surface area contributed by atoms with Crippen molar-refractivity contribution in [1.29, 1.82) is 0 Å². The Labute approximate surface area is 191 Å². The molecule has 172 valence electrons. The van der Waals surface area contributed by atoms with Gasteiger partial charge in [-0.05, 0) is 37.1 Å². The third-order valence-electron chi connectivity index (χ3n) is 5.57. The third-order valence-corrected chi connectivity index (χ3v) is 6.64. The number of benzene rings is 2. The molecule has 1 aliphatic carbocycles. The molecule has 6 nitrogen and oxygen atoms in total. The number of ether oxygens (including phenoxy) is 3. The largest absolute Gasteiger partial charge is 0.493 e. The standard InChI is InChI=1S/C23H20F3N3O3S/c1-30-16-10-14(11-17(31-2)20(16)32-3)18-19(12-6-8-15(9-7-12)23(24,25)26)29-22(27-18)33-21(28-29)13-4-5-13/h6-11,13H,4-5H2,1-3H3. The van der Waals surface area contributed by atoms with Crippen molar-refractivity contribution in [2.45, 2.75) is 24.9 Å². The van der Waals surface area contributed by atoms with Gasteiger partial charge in [0, 0.05) is 17.0 Å². The van der Waals surface area contributed by atoms with E-state index in [1.807, 2.05) is 0 Å². The predicted octanol–water partition coefficient (Wildman–Crippen LogP) is 6.05. The van der Waals surface area contributed by atoms with E-state index in [1.54, 1.807) is 16.6 Å². The molecular weight excluding hydrogens is 455 g/mol. The van der Waals surface area contributed by atoms with Gasteiger partial charge in [-0.25, -0.2) is 9.50 Å². The van der Waals surface area contributed by atoms with Crippen LogP contribution in [-0.4, -0.2) is 35.9 Å². The molecule has 0 aliphatic heterocycles. The Hall–Kier alpha value is -3.27. The molecule has 0 radical (unpaired) electrons. The van der Waals surface area contributed by atoms with Gasteiger partial charge < -0.3 is 14.2 Å². The first-order valence-electron chi connectivity index (χ1n) is 10.2. The smallest absolute Gasteiger partial charge is 0.416 e. The monoisotopic (exact) mass is 475 g/mol. The lowest BCUT2D eigenvalue weighted by atomic mass is 10.0. The SMILES string of the molecule is COc1cc(-c2nc3sc(C4CC4)nn3c2-c2ccc(C(F)(F)F)cc2)cc(OC)c1OC. The fraction of sp³-hybridized carbons (Fsp3) is 0.304. The maximum Gasteiger partial charge on any atom is 0.416 e. The molecule has 10 heteroatoms. The molecule has 2 heterocycles. The van der Waals surface area contributed by atoms with Gasteiger partial charge in [-0.1, -0.05) is 23.5 Å². The maximum absolute atomic E-state index is 13.1. The lowest BCUT2D eigenvalue weighted by Gasteiger charge is -2.14. The molecule has 1 fully saturated rings. The molecule has 2 aromatic heterocycles. The molecule has 5 rings (SSSR count). The Morgan fingerprint density at radius 3 is 2.09 bits per heavy atom. The van der Waals surface area contributed by atoms with Crippen molar-refractivity contribution in [3.8, 4) is 39.8 Å². The van der Waals surface area contributed by atoms with Crippen LogP contribution in [0.4, 0.5) is 13.2 Å². The van der Waals surface area contributed by atoms with Crippen LogP contribution in [0.3, 0.4) is 0 Å². The normalized spacial score (nSPS) is 14.0. The van der Waals surface area contributed by atoms with E-state index in [-0.39, 0.29) is 0 Å². The van der Waals surface area contributed by atoms with Gasteiger partial charge in [-0.15, -0.1) is 0 Å². The van der Waals surface area contributed by atoms with E-state index in [2.05, 4.69) is 0 Å². The molecular formula is C23H20F3N3O3S. The molecule has 0 spiro atoms. The summed E-state index contributed by atoms with van der Waals surface area (Å²) in [4.78, 5) is 5.49. The summed E-state index contributed by atoms with van der Waals surface area (Å²) in [5.41, 5.74) is 1.71. The fourth-order valence-corrected chi connectivity index (χ4v) is 4.82. The van der Waals surface area contributed by atoms with E-state index < -0.39 is 11.7 Å². The summed E-state index contributed by atoms with van der Waals surface area (Å²) in [5, 5.41) is 5.74. The van der Waals surface area contributed by atoms with Gasteiger partial charge >= 0.3 is 6.18 Å². The van der Waals surface area contributed by atoms with Crippen LogP contribution in [0.1, 0.15) is 29.3 Å². The number of imidazole rings is 1. The average molecular weight is 475 g/mol. The summed E-state index contributed by atoms with van der Waals surface area (Å²) in [6.07, 6.45) is -2.23. The van der Waals surface area contributed by atoms with Crippen molar-refractivity contribution in [3.63, 3.8) is 0 Å². The minimum atomic E-state index is -4.41. The van der Waals surface area contributed by atoms with Crippen LogP contribution < -0.4 is 14.2 Å². The first kappa shape index (κ1) is 21.6. The number of nitrogens with zero attached hydrogens (tertiary/aromatic N) is 3. The lowest BCUT2D eigenvalue weighted by molar-refractivity contribution is -0.137. The van der Waals surface area contributed by atoms with Crippen LogP contribution in [0.15, 0.2) is 36.4 Å². The first-order chi connectivity index (χ1) is 15.8. The summed E-state index contributed by atoms with van der Waals surface area (Å²) in [6, 6.07) is 8.57. The lowest BCUT2D eigenvalue weighted by Crippen LogP contribution is -2.04. The number of hydrogen-bond acceptors (Lipinski definition) is 6. The van der Waals surface area contributed by atoms with Crippen LogP contribution in [0.25, 0.3) is 27.5 Å². The van der Waals surface area contributed by atoms with Crippen LogP contribution in [0, 0.1) is 0 Å². The quantitative estimate of drug-likeness (QED) is 0.340. The Morgan fingerprint density at radius 1 is 0.939 bits per heavy atom. The van der Waals surface area contributed by atoms with Crippen molar-refractivity contribution in [2.75, 3.05) is 21.3 Å². The second-order valence-corrected chi connectivity index (χ2v) is 8.69. The van der Waals surface area contributed by atoms with E-state index >= 15 is 0 Å². The highest BCUT2D eigenvalue weighted by molar-refractivity contribution is 7.16. The Balaban J connectivity index is 1.72. The predicted molar refractivity (Wildman–Crippen MR) is 118 cm³/mol. The molecule has 1 aliphatic rings. The Bertz CT molecular complexity index is 1300. The summed E-state index contributed by atoms with van der Waals surface area (Å²) in [5.74, 6) is 1.78. The number of aromatic nitrogens is 3. The van der Waals surface area contributed by atoms with E-state index in [0.29, 0.717) is 50.6 Å². The molecule has 1 saturated carbocycles. The van der Waals surface area contributed by atoms with Crippen LogP contribution in [-0.2, 0) is 6.18 Å². The Morgan fingerprint density at radius 2 is 1.58 bits per heavy atom. The zero-order chi connectivity index (χ0) is 23.3. The van der Waals surface area contributed by atoms with E-state index in [4.69, 9.17) is 24.3 Å². The summed E-state index contributed by atoms with van der Waals surface area (Å²) >= 11 is 1.50. The molecule has 0 bridgehead atoms. The number of halogens is 3. The Kier molecular flexibility index (Phi) is 5.19. The van der Waals surface area contributed by atoms with Crippen LogP contribution in [0.2, 0.25) is 0 Å². The van der Waals surface area contributed by atoms with Gasteiger partial charge in [-0.3, -0.25) is 0 Å². The minimum absolute atomic E-state index is 0.432. The van der Waals surface area contributed by atoms with E-state index in [1.165, 1.54) is 44.8 Å². The molecule has 0 N–H and O–H groups in total. The van der Waals surface area contributed by atoms with Gasteiger partial charge in [0.05, 0.1) is 26.9 Å². The molecule has 0 atom stereocenters. The summed E-state index contributed by atoms with van der Waals surface area (Å²) < 4.78 is 57.5. The first-order valence-corrected chi connectivity index (χ1v) is 11.0. The highest BCUT2D eigenvalue weighted by Crippen LogP contribution is 2.46. The highest BCUT2D eigenvalue weighted by atomic mass is 32.1. The van der Waals surface area contributed by atoms with E-state index in [0.717, 1.165) is 30.0 Å². The van der Waals surface area contributed by atoms with Gasteiger partial charge in [0.1, 0.15) is 16.4 Å². The van der Waals surface area contributed by atoms with Crippen molar-refractivity contribution in [3.05, 3.63) is 47.0 Å². The number of rotatable bonds is 6. The summed E-state index contributed by atoms with van der Waals surface area (Å²) in [7, 11) is 4.56. The third kappa shape index (κ3) is 3.78. The number of alkyl halides is 3. The number of fused-ring (bicyclic) bond motifs is 1. The molecule has 0 saturated heterocycles. The van der Waals surface area contributed by atoms with E-state index in [9.17, 15) is 13.2 Å². The van der Waals surface area contributed by atoms with Crippen molar-refractivity contribution in [2.24, 2.45) is 0 Å². The molecule has 4 aromatic rings. The zero-order valence-electron chi connectivity index (χ0n) is 18.1. The van der Waals surface area contributed by atoms with Crippen molar-refractivity contribution < 1.29 is 27.4 Å². The highest BCUT2D eigenvalue weighted by Gasteiger charge is 2.32.